The molecular weight excluding hydrogens is 518 g/mol. The lowest BCUT2D eigenvalue weighted by Gasteiger charge is -2.09. The van der Waals surface area contributed by atoms with Gasteiger partial charge in [0.2, 0.25) is 0 Å². The van der Waals surface area contributed by atoms with Crippen molar-refractivity contribution in [2.45, 2.75) is 12.8 Å². The van der Waals surface area contributed by atoms with Crippen molar-refractivity contribution >= 4 is 52.1 Å². The topological polar surface area (TPSA) is 51.5 Å². The van der Waals surface area contributed by atoms with Gasteiger partial charge in [0.05, 0.1) is 12.1 Å². The van der Waals surface area contributed by atoms with Gasteiger partial charge in [0.15, 0.2) is 0 Å². The van der Waals surface area contributed by atoms with E-state index in [1.54, 1.807) is 6.20 Å². The van der Waals surface area contributed by atoms with Crippen LogP contribution in [0, 0.1) is 0 Å². The van der Waals surface area contributed by atoms with Gasteiger partial charge in [-0.3, -0.25) is 4.57 Å². The van der Waals surface area contributed by atoms with E-state index < -0.39 is 6.09 Å². The highest BCUT2D eigenvalue weighted by molar-refractivity contribution is 5.98. The summed E-state index contributed by atoms with van der Waals surface area (Å²) >= 11 is 0. The number of benzene rings is 5. The van der Waals surface area contributed by atoms with Crippen molar-refractivity contribution in [2.24, 2.45) is 0 Å². The van der Waals surface area contributed by atoms with Gasteiger partial charge in [0.25, 0.3) is 0 Å². The minimum atomic E-state index is -0.993. The number of hydrogen-bond donors (Lipinski definition) is 1. The van der Waals surface area contributed by atoms with Gasteiger partial charge in [-0.1, -0.05) is 127 Å². The molecule has 0 aliphatic carbocycles. The number of hydrogen-bond acceptors (Lipinski definition) is 2. The normalized spacial score (nSPS) is 11.6. The van der Waals surface area contributed by atoms with E-state index in [1.165, 1.54) is 4.57 Å². The van der Waals surface area contributed by atoms with E-state index >= 15 is 0 Å². The number of carbonyl (C=O) groups is 1. The van der Waals surface area contributed by atoms with Crippen LogP contribution < -0.4 is 4.74 Å². The highest BCUT2D eigenvalue weighted by atomic mass is 16.5. The molecule has 0 fully saturated rings. The lowest BCUT2D eigenvalue weighted by molar-refractivity contribution is 0.197. The van der Waals surface area contributed by atoms with Crippen LogP contribution in [-0.2, 0) is 6.42 Å². The summed E-state index contributed by atoms with van der Waals surface area (Å²) in [5.41, 5.74) is 5.85. The molecule has 0 bridgehead atoms. The third-order valence-corrected chi connectivity index (χ3v) is 7.38. The maximum absolute atomic E-state index is 12.2. The molecule has 206 valence electrons. The molecule has 4 heteroatoms. The van der Waals surface area contributed by atoms with E-state index in [9.17, 15) is 9.90 Å². The van der Waals surface area contributed by atoms with Crippen LogP contribution in [0.3, 0.4) is 0 Å². The molecule has 0 saturated carbocycles. The molecule has 1 aromatic heterocycles. The SMILES string of the molecule is O=C(O)n1cc(CCCOc2cccc3ccccc23)c2cccc(C=Cc3cccc(C=Cc4ccccc4)c3)c21. The predicted octanol–water partition coefficient (Wildman–Crippen LogP) is 9.67. The van der Waals surface area contributed by atoms with Gasteiger partial charge < -0.3 is 9.84 Å². The molecule has 6 rings (SSSR count). The standard InChI is InChI=1S/C38H31NO3/c40-38(41)39-27-33(17-9-25-42-36-20-8-15-31-14-4-5-18-34(31)36)35-19-7-16-32(37(35)39)24-23-30-13-6-12-29(26-30)22-21-28-10-2-1-3-11-28/h1-8,10-16,18-24,26-27H,9,17,25H2,(H,40,41). The maximum Gasteiger partial charge on any atom is 0.416 e. The van der Waals surface area contributed by atoms with Gasteiger partial charge in [-0.15, -0.1) is 0 Å². The number of aryl methyl sites for hydroxylation is 1. The zero-order valence-electron chi connectivity index (χ0n) is 23.2. The van der Waals surface area contributed by atoms with Crippen LogP contribution in [0.1, 0.15) is 34.2 Å². The monoisotopic (exact) mass is 549 g/mol. The molecule has 0 unspecified atom stereocenters. The molecule has 1 heterocycles. The molecule has 0 amide bonds. The summed E-state index contributed by atoms with van der Waals surface area (Å²) in [5, 5.41) is 13.2. The summed E-state index contributed by atoms with van der Waals surface area (Å²) in [5.74, 6) is 0.869. The molecule has 4 nitrogen and oxygen atoms in total. The molecule has 0 radical (unpaired) electrons. The van der Waals surface area contributed by atoms with Crippen LogP contribution >= 0.6 is 0 Å². The minimum absolute atomic E-state index is 0.544. The smallest absolute Gasteiger partial charge is 0.416 e. The van der Waals surface area contributed by atoms with Crippen molar-refractivity contribution in [3.63, 3.8) is 0 Å². The summed E-state index contributed by atoms with van der Waals surface area (Å²) in [6.45, 7) is 0.544. The molecule has 0 spiro atoms. The Labute approximate surface area is 245 Å². The van der Waals surface area contributed by atoms with E-state index in [4.69, 9.17) is 4.74 Å². The number of aromatic nitrogens is 1. The Hall–Kier alpha value is -5.35. The highest BCUT2D eigenvalue weighted by Gasteiger charge is 2.15. The van der Waals surface area contributed by atoms with Gasteiger partial charge in [-0.05, 0) is 58.2 Å². The molecule has 6 aromatic rings. The van der Waals surface area contributed by atoms with Crippen LogP contribution in [0.4, 0.5) is 4.79 Å². The summed E-state index contributed by atoms with van der Waals surface area (Å²) in [6.07, 6.45) is 10.5. The average molecular weight is 550 g/mol. The van der Waals surface area contributed by atoms with Crippen molar-refractivity contribution in [3.8, 4) is 5.75 Å². The summed E-state index contributed by atoms with van der Waals surface area (Å²) in [4.78, 5) is 12.2. The second kappa shape index (κ2) is 12.4. The zero-order valence-corrected chi connectivity index (χ0v) is 23.2. The van der Waals surface area contributed by atoms with E-state index in [1.807, 2.05) is 84.9 Å². The van der Waals surface area contributed by atoms with Crippen LogP contribution in [0.2, 0.25) is 0 Å². The van der Waals surface area contributed by atoms with Gasteiger partial charge >= 0.3 is 6.09 Å². The first-order valence-electron chi connectivity index (χ1n) is 14.1. The maximum atomic E-state index is 12.2. The number of nitrogens with zero attached hydrogens (tertiary/aromatic N) is 1. The van der Waals surface area contributed by atoms with Crippen LogP contribution in [-0.4, -0.2) is 22.4 Å². The number of para-hydroxylation sites is 1. The Bertz CT molecular complexity index is 1910. The fourth-order valence-corrected chi connectivity index (χ4v) is 5.34. The summed E-state index contributed by atoms with van der Waals surface area (Å²) in [6, 6.07) is 38.7. The largest absolute Gasteiger partial charge is 0.493 e. The third kappa shape index (κ3) is 6.03. The van der Waals surface area contributed by atoms with Crippen molar-refractivity contribution in [3.05, 3.63) is 149 Å². The average Bonchev–Trinajstić information content (AvgIpc) is 3.41. The van der Waals surface area contributed by atoms with Crippen LogP contribution in [0.5, 0.6) is 5.75 Å². The zero-order chi connectivity index (χ0) is 28.7. The fourth-order valence-electron chi connectivity index (χ4n) is 5.34. The van der Waals surface area contributed by atoms with Gasteiger partial charge in [0.1, 0.15) is 5.75 Å². The van der Waals surface area contributed by atoms with Crippen LogP contribution in [0.15, 0.2) is 121 Å². The second-order valence-corrected chi connectivity index (χ2v) is 10.2. The first kappa shape index (κ1) is 26.9. The molecule has 0 atom stereocenters. The number of carboxylic acid groups (broad SMARTS) is 1. The Balaban J connectivity index is 1.20. The quantitative estimate of drug-likeness (QED) is 0.144. The van der Waals surface area contributed by atoms with Gasteiger partial charge in [-0.25, -0.2) is 4.79 Å². The van der Waals surface area contributed by atoms with E-state index in [0.29, 0.717) is 18.5 Å². The lowest BCUT2D eigenvalue weighted by atomic mass is 10.0. The van der Waals surface area contributed by atoms with Gasteiger partial charge in [-0.2, -0.15) is 0 Å². The number of rotatable bonds is 9. The highest BCUT2D eigenvalue weighted by Crippen LogP contribution is 2.29. The van der Waals surface area contributed by atoms with Crippen molar-refractivity contribution < 1.29 is 14.6 Å². The van der Waals surface area contributed by atoms with Crippen molar-refractivity contribution in [2.75, 3.05) is 6.61 Å². The number of fused-ring (bicyclic) bond motifs is 2. The Morgan fingerprint density at radius 2 is 1.33 bits per heavy atom. The molecular formula is C38H31NO3. The molecule has 5 aromatic carbocycles. The van der Waals surface area contributed by atoms with Crippen molar-refractivity contribution in [1.29, 1.82) is 0 Å². The Kier molecular flexibility index (Phi) is 7.96. The number of ether oxygens (including phenoxy) is 1. The summed E-state index contributed by atoms with van der Waals surface area (Å²) in [7, 11) is 0. The molecule has 1 N–H and O–H groups in total. The molecule has 42 heavy (non-hydrogen) atoms. The first-order valence-corrected chi connectivity index (χ1v) is 14.1. The molecule has 0 saturated heterocycles. The predicted molar refractivity (Wildman–Crippen MR) is 174 cm³/mol. The summed E-state index contributed by atoms with van der Waals surface area (Å²) < 4.78 is 7.47. The van der Waals surface area contributed by atoms with Gasteiger partial charge in [0, 0.05) is 17.0 Å². The first-order chi connectivity index (χ1) is 20.7. The third-order valence-electron chi connectivity index (χ3n) is 7.38. The van der Waals surface area contributed by atoms with E-state index in [2.05, 4.69) is 54.6 Å². The van der Waals surface area contributed by atoms with E-state index in [0.717, 1.165) is 56.1 Å². The second-order valence-electron chi connectivity index (χ2n) is 10.2. The van der Waals surface area contributed by atoms with Crippen molar-refractivity contribution in [1.82, 2.24) is 4.57 Å². The lowest BCUT2D eigenvalue weighted by Crippen LogP contribution is -2.06. The fraction of sp³-hybridized carbons (Fsp3) is 0.0789. The molecule has 0 aliphatic heterocycles. The van der Waals surface area contributed by atoms with Crippen LogP contribution in [0.25, 0.3) is 46.0 Å². The van der Waals surface area contributed by atoms with E-state index in [-0.39, 0.29) is 0 Å². The Morgan fingerprint density at radius 3 is 2.17 bits per heavy atom. The Morgan fingerprint density at radius 1 is 0.690 bits per heavy atom. The minimum Gasteiger partial charge on any atom is -0.493 e. The molecule has 0 aliphatic rings.